The molecule has 0 radical (unpaired) electrons. The lowest BCUT2D eigenvalue weighted by atomic mass is 10.0. The molecule has 2 aromatic rings. The summed E-state index contributed by atoms with van der Waals surface area (Å²) in [5, 5.41) is 2.80. The predicted octanol–water partition coefficient (Wildman–Crippen LogP) is 2.34. The normalized spacial score (nSPS) is 16.6. The van der Waals surface area contributed by atoms with Crippen molar-refractivity contribution in [2.45, 2.75) is 13.0 Å². The smallest absolute Gasteiger partial charge is 0.225 e. The van der Waals surface area contributed by atoms with Gasteiger partial charge in [0.05, 0.1) is 18.7 Å². The minimum absolute atomic E-state index is 0.0462. The standard InChI is InChI=1S/C16H16N2O3/c1-21-13-6-4-12(5-7-13)17-15(19)9-11-10-18-8-2-3-14(18)16(11)20/h2-8,11H,9-10H2,1H3,(H,17,19)/t11-/m0/s1. The summed E-state index contributed by atoms with van der Waals surface area (Å²) in [6, 6.07) is 10.8. The van der Waals surface area contributed by atoms with Gasteiger partial charge < -0.3 is 14.6 Å². The fourth-order valence-corrected chi connectivity index (χ4v) is 2.59. The Morgan fingerprint density at radius 3 is 2.76 bits per heavy atom. The number of nitrogens with zero attached hydrogens (tertiary/aromatic N) is 1. The quantitative estimate of drug-likeness (QED) is 0.937. The van der Waals surface area contributed by atoms with E-state index in [0.717, 1.165) is 5.75 Å². The van der Waals surface area contributed by atoms with Crippen molar-refractivity contribution >= 4 is 17.4 Å². The molecule has 1 aliphatic heterocycles. The molecule has 0 fully saturated rings. The Hall–Kier alpha value is -2.56. The minimum Gasteiger partial charge on any atom is -0.497 e. The molecule has 21 heavy (non-hydrogen) atoms. The van der Waals surface area contributed by atoms with Gasteiger partial charge in [0.2, 0.25) is 5.91 Å². The fourth-order valence-electron chi connectivity index (χ4n) is 2.59. The average Bonchev–Trinajstić information content (AvgIpc) is 3.04. The number of nitrogens with one attached hydrogen (secondary N) is 1. The lowest BCUT2D eigenvalue weighted by molar-refractivity contribution is -0.116. The third-order valence-electron chi connectivity index (χ3n) is 3.68. The van der Waals surface area contributed by atoms with E-state index in [1.54, 1.807) is 37.4 Å². The van der Waals surface area contributed by atoms with Crippen molar-refractivity contribution < 1.29 is 14.3 Å². The van der Waals surface area contributed by atoms with E-state index in [9.17, 15) is 9.59 Å². The lowest BCUT2D eigenvalue weighted by Gasteiger charge is -2.09. The van der Waals surface area contributed by atoms with Crippen LogP contribution < -0.4 is 10.1 Å². The molecule has 5 nitrogen and oxygen atoms in total. The van der Waals surface area contributed by atoms with Gasteiger partial charge in [-0.2, -0.15) is 0 Å². The van der Waals surface area contributed by atoms with Crippen LogP contribution in [0.15, 0.2) is 42.6 Å². The Morgan fingerprint density at radius 2 is 2.10 bits per heavy atom. The number of hydrogen-bond donors (Lipinski definition) is 1. The number of carbonyl (C=O) groups is 2. The Labute approximate surface area is 122 Å². The second-order valence-corrected chi connectivity index (χ2v) is 5.09. The van der Waals surface area contributed by atoms with E-state index in [2.05, 4.69) is 5.32 Å². The summed E-state index contributed by atoms with van der Waals surface area (Å²) < 4.78 is 6.96. The van der Waals surface area contributed by atoms with Crippen LogP contribution in [0, 0.1) is 5.92 Å². The molecule has 0 spiro atoms. The third kappa shape index (κ3) is 2.67. The van der Waals surface area contributed by atoms with E-state index >= 15 is 0 Å². The summed E-state index contributed by atoms with van der Waals surface area (Å²) in [4.78, 5) is 24.1. The van der Waals surface area contributed by atoms with Gasteiger partial charge in [0.1, 0.15) is 5.75 Å². The van der Waals surface area contributed by atoms with Crippen molar-refractivity contribution in [2.24, 2.45) is 5.92 Å². The molecule has 5 heteroatoms. The maximum atomic E-state index is 12.1. The van der Waals surface area contributed by atoms with Crippen LogP contribution in [-0.4, -0.2) is 23.4 Å². The van der Waals surface area contributed by atoms with Crippen LogP contribution in [0.5, 0.6) is 5.75 Å². The molecule has 108 valence electrons. The Kier molecular flexibility index (Phi) is 3.48. The van der Waals surface area contributed by atoms with Crippen LogP contribution in [0.25, 0.3) is 0 Å². The van der Waals surface area contributed by atoms with Gasteiger partial charge in [0, 0.05) is 24.8 Å². The summed E-state index contributed by atoms with van der Waals surface area (Å²) in [7, 11) is 1.59. The van der Waals surface area contributed by atoms with E-state index in [0.29, 0.717) is 17.9 Å². The van der Waals surface area contributed by atoms with E-state index in [-0.39, 0.29) is 24.0 Å². The van der Waals surface area contributed by atoms with E-state index < -0.39 is 0 Å². The van der Waals surface area contributed by atoms with Gasteiger partial charge in [0.25, 0.3) is 0 Å². The first-order chi connectivity index (χ1) is 10.2. The Balaban J connectivity index is 1.59. The number of fused-ring (bicyclic) bond motifs is 1. The van der Waals surface area contributed by atoms with Crippen LogP contribution in [0.3, 0.4) is 0 Å². The molecule has 0 saturated carbocycles. The van der Waals surface area contributed by atoms with E-state index in [1.807, 2.05) is 16.8 Å². The number of anilines is 1. The number of ether oxygens (including phenoxy) is 1. The third-order valence-corrected chi connectivity index (χ3v) is 3.68. The van der Waals surface area contributed by atoms with Gasteiger partial charge in [-0.1, -0.05) is 0 Å². The molecule has 1 aliphatic rings. The molecule has 0 aliphatic carbocycles. The molecule has 0 bridgehead atoms. The molecular weight excluding hydrogens is 268 g/mol. The van der Waals surface area contributed by atoms with Crippen molar-refractivity contribution in [1.82, 2.24) is 4.57 Å². The zero-order valence-electron chi connectivity index (χ0n) is 11.7. The highest BCUT2D eigenvalue weighted by atomic mass is 16.5. The summed E-state index contributed by atoms with van der Waals surface area (Å²) in [6.07, 6.45) is 2.07. The number of ketones is 1. The number of hydrogen-bond acceptors (Lipinski definition) is 3. The second kappa shape index (κ2) is 5.44. The molecule has 2 heterocycles. The monoisotopic (exact) mass is 284 g/mol. The first kappa shape index (κ1) is 13.4. The first-order valence-electron chi connectivity index (χ1n) is 6.80. The Morgan fingerprint density at radius 1 is 1.33 bits per heavy atom. The number of aromatic nitrogens is 1. The van der Waals surface area contributed by atoms with Crippen LogP contribution in [0.2, 0.25) is 0 Å². The van der Waals surface area contributed by atoms with Crippen molar-refractivity contribution in [3.8, 4) is 5.75 Å². The molecule has 1 N–H and O–H groups in total. The molecule has 3 rings (SSSR count). The highest BCUT2D eigenvalue weighted by Crippen LogP contribution is 2.24. The molecule has 0 unspecified atom stereocenters. The molecule has 1 atom stereocenters. The first-order valence-corrected chi connectivity index (χ1v) is 6.80. The SMILES string of the molecule is COc1ccc(NC(=O)C[C@H]2Cn3cccc3C2=O)cc1. The Bertz CT molecular complexity index is 673. The number of rotatable bonds is 4. The van der Waals surface area contributed by atoms with Crippen LogP contribution >= 0.6 is 0 Å². The van der Waals surface area contributed by atoms with Gasteiger partial charge in [-0.05, 0) is 36.4 Å². The predicted molar refractivity (Wildman–Crippen MR) is 78.5 cm³/mol. The minimum atomic E-state index is -0.264. The van der Waals surface area contributed by atoms with Crippen molar-refractivity contribution in [1.29, 1.82) is 0 Å². The molecule has 0 saturated heterocycles. The largest absolute Gasteiger partial charge is 0.497 e. The van der Waals surface area contributed by atoms with E-state index in [1.165, 1.54) is 0 Å². The fraction of sp³-hybridized carbons (Fsp3) is 0.250. The summed E-state index contributed by atoms with van der Waals surface area (Å²) >= 11 is 0. The number of carbonyl (C=O) groups excluding carboxylic acids is 2. The molecule has 1 amide bonds. The highest BCUT2D eigenvalue weighted by molar-refractivity contribution is 6.02. The summed E-state index contributed by atoms with van der Waals surface area (Å²) in [5.74, 6) is 0.368. The molecule has 1 aromatic heterocycles. The topological polar surface area (TPSA) is 60.3 Å². The lowest BCUT2D eigenvalue weighted by Crippen LogP contribution is -2.20. The maximum Gasteiger partial charge on any atom is 0.225 e. The van der Waals surface area contributed by atoms with Crippen molar-refractivity contribution in [2.75, 3.05) is 12.4 Å². The van der Waals surface area contributed by atoms with Gasteiger partial charge in [-0.3, -0.25) is 9.59 Å². The van der Waals surface area contributed by atoms with Crippen LogP contribution in [0.4, 0.5) is 5.69 Å². The maximum absolute atomic E-state index is 12.1. The highest BCUT2D eigenvalue weighted by Gasteiger charge is 2.31. The van der Waals surface area contributed by atoms with Crippen LogP contribution in [-0.2, 0) is 11.3 Å². The van der Waals surface area contributed by atoms with E-state index in [4.69, 9.17) is 4.74 Å². The zero-order valence-corrected chi connectivity index (χ0v) is 11.7. The van der Waals surface area contributed by atoms with Crippen LogP contribution in [0.1, 0.15) is 16.9 Å². The number of methoxy groups -OCH3 is 1. The van der Waals surface area contributed by atoms with Gasteiger partial charge in [-0.25, -0.2) is 0 Å². The zero-order chi connectivity index (χ0) is 14.8. The molecule has 1 aromatic carbocycles. The number of benzene rings is 1. The number of amides is 1. The van der Waals surface area contributed by atoms with Crippen molar-refractivity contribution in [3.63, 3.8) is 0 Å². The van der Waals surface area contributed by atoms with Crippen molar-refractivity contribution in [3.05, 3.63) is 48.3 Å². The van der Waals surface area contributed by atoms with Gasteiger partial charge in [0.15, 0.2) is 5.78 Å². The number of Topliss-reactive ketones (excluding diaryl/α,β-unsaturated/α-hetero) is 1. The summed E-state index contributed by atoms with van der Waals surface area (Å²) in [5.41, 5.74) is 1.39. The second-order valence-electron chi connectivity index (χ2n) is 5.09. The van der Waals surface area contributed by atoms with Gasteiger partial charge >= 0.3 is 0 Å². The molecular formula is C16H16N2O3. The summed E-state index contributed by atoms with van der Waals surface area (Å²) in [6.45, 7) is 0.581. The average molecular weight is 284 g/mol. The van der Waals surface area contributed by atoms with Gasteiger partial charge in [-0.15, -0.1) is 0 Å².